The number of rotatable bonds is 31. The molecular weight excluding hydrogens is 1040 g/mol. The fraction of sp³-hybridized carbons (Fsp3) is 0.640. The summed E-state index contributed by atoms with van der Waals surface area (Å²) >= 11 is 0. The van der Waals surface area contributed by atoms with Crippen molar-refractivity contribution in [3.63, 3.8) is 0 Å². The molecule has 0 aliphatic heterocycles. The van der Waals surface area contributed by atoms with Crippen LogP contribution < -0.4 is 9.44 Å². The molecule has 24 nitrogen and oxygen atoms in total. The highest BCUT2D eigenvalue weighted by Crippen LogP contribution is 2.21. The summed E-state index contributed by atoms with van der Waals surface area (Å²) in [7, 11) is -9.81. The maximum Gasteiger partial charge on any atom is 0.422 e. The second kappa shape index (κ2) is 31.1. The van der Waals surface area contributed by atoms with Crippen LogP contribution in [0, 0.1) is 0 Å². The molecule has 2 amide bonds. The second-order valence-corrected chi connectivity index (χ2v) is 23.9. The standard InChI is InChI=1S/C50H78N4O20S2/c1-47(2,3)71-41(55)33-39(43(57)73-49(7,8)9)53(75(61,62)51-45(59)69-35-37-19-15-13-16-20-37)23-25-65-27-29-67-31-32-68-30-28-66-26-24-54(76(63,64)52-46(60)70-36-38-21-17-14-18-22-38)40(44(58)74-50(10,11)12)34-42(56)72-48(4,5)6/h13-22,39-40H,23-36H2,1-12H3,(H,51,59)(H,52,60). The third-order valence-corrected chi connectivity index (χ3v) is 12.1. The zero-order chi connectivity index (χ0) is 57.4. The predicted octanol–water partition coefficient (Wildman–Crippen LogP) is 4.88. The van der Waals surface area contributed by atoms with E-state index in [2.05, 4.69) is 0 Å². The van der Waals surface area contributed by atoms with E-state index in [1.807, 2.05) is 0 Å². The van der Waals surface area contributed by atoms with E-state index >= 15 is 0 Å². The molecule has 0 heterocycles. The molecule has 0 spiro atoms. The lowest BCUT2D eigenvalue weighted by Crippen LogP contribution is -2.54. The molecule has 0 bridgehead atoms. The lowest BCUT2D eigenvalue weighted by atomic mass is 10.1. The zero-order valence-electron chi connectivity index (χ0n) is 45.7. The second-order valence-electron chi connectivity index (χ2n) is 20.7. The van der Waals surface area contributed by atoms with Crippen LogP contribution in [0.2, 0.25) is 0 Å². The Morgan fingerprint density at radius 2 is 0.711 bits per heavy atom. The fourth-order valence-corrected chi connectivity index (χ4v) is 8.61. The molecule has 0 fully saturated rings. The Kier molecular flexibility index (Phi) is 27.2. The molecule has 2 rings (SSSR count). The van der Waals surface area contributed by atoms with Crippen molar-refractivity contribution >= 4 is 56.5 Å². The smallest absolute Gasteiger partial charge is 0.422 e. The molecule has 76 heavy (non-hydrogen) atoms. The summed E-state index contributed by atoms with van der Waals surface area (Å²) in [6.45, 7) is 16.7. The van der Waals surface area contributed by atoms with Crippen molar-refractivity contribution in [2.45, 2.75) is 144 Å². The summed E-state index contributed by atoms with van der Waals surface area (Å²) in [5.41, 5.74) is -3.01. The van der Waals surface area contributed by atoms with E-state index in [0.29, 0.717) is 19.7 Å². The van der Waals surface area contributed by atoms with Gasteiger partial charge in [0.1, 0.15) is 47.7 Å². The number of carbonyl (C=O) groups excluding carboxylic acids is 6. The molecule has 2 N–H and O–H groups in total. The van der Waals surface area contributed by atoms with E-state index in [0.717, 1.165) is 0 Å². The Labute approximate surface area is 447 Å². The van der Waals surface area contributed by atoms with Gasteiger partial charge in [-0.15, -0.1) is 0 Å². The highest BCUT2D eigenvalue weighted by molar-refractivity contribution is 7.88. The molecule has 430 valence electrons. The number of carbonyl (C=O) groups is 6. The lowest BCUT2D eigenvalue weighted by molar-refractivity contribution is -0.167. The quantitative estimate of drug-likeness (QED) is 0.0577. The minimum Gasteiger partial charge on any atom is -0.460 e. The van der Waals surface area contributed by atoms with Crippen LogP contribution in [0.25, 0.3) is 0 Å². The van der Waals surface area contributed by atoms with Gasteiger partial charge in [-0.1, -0.05) is 60.7 Å². The molecule has 2 atom stereocenters. The Bertz CT molecular complexity index is 2200. The number of hydrogen-bond acceptors (Lipinski definition) is 20. The van der Waals surface area contributed by atoms with Crippen LogP contribution in [0.1, 0.15) is 107 Å². The van der Waals surface area contributed by atoms with E-state index in [1.165, 1.54) is 0 Å². The van der Waals surface area contributed by atoms with Gasteiger partial charge in [0.15, 0.2) is 0 Å². The summed E-state index contributed by atoms with van der Waals surface area (Å²) in [5, 5.41) is 0. The molecular formula is C50H78N4O20S2. The van der Waals surface area contributed by atoms with Gasteiger partial charge >= 0.3 is 56.5 Å². The average Bonchev–Trinajstić information content (AvgIpc) is 3.27. The molecule has 0 aromatic heterocycles. The Balaban J connectivity index is 2.03. The van der Waals surface area contributed by atoms with Gasteiger partial charge in [-0.3, -0.25) is 19.2 Å². The molecule has 0 aliphatic carbocycles. The zero-order valence-corrected chi connectivity index (χ0v) is 47.3. The molecule has 0 saturated heterocycles. The van der Waals surface area contributed by atoms with Crippen molar-refractivity contribution in [1.29, 1.82) is 0 Å². The van der Waals surface area contributed by atoms with E-state index < -0.39 is 117 Å². The number of amides is 2. The molecule has 0 radical (unpaired) electrons. The van der Waals surface area contributed by atoms with E-state index in [4.69, 9.17) is 47.4 Å². The first-order valence-electron chi connectivity index (χ1n) is 24.4. The van der Waals surface area contributed by atoms with Gasteiger partial charge in [-0.25, -0.2) is 19.0 Å². The van der Waals surface area contributed by atoms with Crippen LogP contribution in [0.5, 0.6) is 0 Å². The van der Waals surface area contributed by atoms with Crippen LogP contribution in [0.15, 0.2) is 60.7 Å². The van der Waals surface area contributed by atoms with Crippen molar-refractivity contribution in [1.82, 2.24) is 18.1 Å². The van der Waals surface area contributed by atoms with Gasteiger partial charge < -0.3 is 47.4 Å². The summed E-state index contributed by atoms with van der Waals surface area (Å²) in [6, 6.07) is 13.4. The van der Waals surface area contributed by atoms with Crippen LogP contribution in [-0.2, 0) is 100 Å². The van der Waals surface area contributed by atoms with Crippen LogP contribution in [0.3, 0.4) is 0 Å². The van der Waals surface area contributed by atoms with Gasteiger partial charge in [-0.2, -0.15) is 25.4 Å². The van der Waals surface area contributed by atoms with E-state index in [-0.39, 0.29) is 66.1 Å². The summed E-state index contributed by atoms with van der Waals surface area (Å²) in [4.78, 5) is 78.7. The maximum absolute atomic E-state index is 13.8. The van der Waals surface area contributed by atoms with Crippen molar-refractivity contribution < 1.29 is 93.0 Å². The number of benzene rings is 2. The van der Waals surface area contributed by atoms with Crippen molar-refractivity contribution in [3.8, 4) is 0 Å². The SMILES string of the molecule is CC(C)(C)OC(=O)CC(C(=O)OC(C)(C)C)N(CCOCCOCCOCCOCCN(C(CC(=O)OC(C)(C)C)C(=O)OC(C)(C)C)S(=O)(=O)NC(=O)OCc1ccccc1)S(=O)(=O)NC(=O)OCc1ccccc1. The predicted molar refractivity (Wildman–Crippen MR) is 274 cm³/mol. The fourth-order valence-electron chi connectivity index (χ4n) is 6.22. The van der Waals surface area contributed by atoms with Gasteiger partial charge in [0.2, 0.25) is 0 Å². The average molecular weight is 1120 g/mol. The minimum absolute atomic E-state index is 0.00429. The van der Waals surface area contributed by atoms with Crippen molar-refractivity contribution in [3.05, 3.63) is 71.8 Å². The highest BCUT2D eigenvalue weighted by Gasteiger charge is 2.42. The first-order chi connectivity index (χ1) is 35.2. The molecule has 2 unspecified atom stereocenters. The van der Waals surface area contributed by atoms with E-state index in [9.17, 15) is 45.6 Å². The third-order valence-electron chi connectivity index (χ3n) is 9.11. The maximum atomic E-state index is 13.8. The summed E-state index contributed by atoms with van der Waals surface area (Å²) < 4.78 is 114. The number of nitrogens with one attached hydrogen (secondary N) is 2. The summed E-state index contributed by atoms with van der Waals surface area (Å²) in [5.74, 6) is -3.99. The van der Waals surface area contributed by atoms with E-state index in [1.54, 1.807) is 153 Å². The van der Waals surface area contributed by atoms with Gasteiger partial charge in [0, 0.05) is 13.1 Å². The molecule has 2 aromatic rings. The minimum atomic E-state index is -4.90. The van der Waals surface area contributed by atoms with Crippen molar-refractivity contribution in [2.75, 3.05) is 65.9 Å². The third kappa shape index (κ3) is 29.1. The largest absolute Gasteiger partial charge is 0.460 e. The topological polar surface area (TPSA) is 294 Å². The first kappa shape index (κ1) is 66.6. The number of nitrogens with zero attached hydrogens (tertiary/aromatic N) is 2. The Morgan fingerprint density at radius 1 is 0.434 bits per heavy atom. The van der Waals surface area contributed by atoms with Crippen LogP contribution in [-0.4, -0.2) is 162 Å². The van der Waals surface area contributed by atoms with Gasteiger partial charge in [0.05, 0.1) is 65.7 Å². The Hall–Kier alpha value is -5.48. The molecule has 0 saturated carbocycles. The molecule has 0 aliphatic rings. The molecule has 26 heteroatoms. The number of hydrogen-bond donors (Lipinski definition) is 2. The monoisotopic (exact) mass is 1120 g/mol. The Morgan fingerprint density at radius 3 is 0.987 bits per heavy atom. The normalized spacial score (nSPS) is 13.3. The summed E-state index contributed by atoms with van der Waals surface area (Å²) in [6.07, 6.45) is -4.22. The number of esters is 4. The van der Waals surface area contributed by atoms with Crippen LogP contribution in [0.4, 0.5) is 9.59 Å². The number of ether oxygens (including phenoxy) is 10. The van der Waals surface area contributed by atoms with Crippen molar-refractivity contribution in [2.24, 2.45) is 0 Å². The highest BCUT2D eigenvalue weighted by atomic mass is 32.2. The molecule has 2 aromatic carbocycles. The van der Waals surface area contributed by atoms with Crippen LogP contribution >= 0.6 is 0 Å². The first-order valence-corrected chi connectivity index (χ1v) is 27.3. The lowest BCUT2D eigenvalue weighted by Gasteiger charge is -2.31. The van der Waals surface area contributed by atoms with Gasteiger partial charge in [-0.05, 0) is 94.2 Å². The van der Waals surface area contributed by atoms with Gasteiger partial charge in [0.25, 0.3) is 0 Å².